The number of benzene rings is 1. The van der Waals surface area contributed by atoms with Gasteiger partial charge < -0.3 is 10.2 Å². The molecule has 1 amide bonds. The van der Waals surface area contributed by atoms with Gasteiger partial charge in [-0.25, -0.2) is 12.8 Å². The Balaban J connectivity index is 0.00000225. The Morgan fingerprint density at radius 1 is 1.24 bits per heavy atom. The van der Waals surface area contributed by atoms with Crippen LogP contribution in [0.1, 0.15) is 23.2 Å². The van der Waals surface area contributed by atoms with Crippen LogP contribution in [-0.4, -0.2) is 51.7 Å². The molecule has 0 radical (unpaired) electrons. The summed E-state index contributed by atoms with van der Waals surface area (Å²) in [5.41, 5.74) is 0.181. The van der Waals surface area contributed by atoms with E-state index in [9.17, 15) is 17.6 Å². The molecule has 2 N–H and O–H groups in total. The second-order valence-electron chi connectivity index (χ2n) is 6.61. The quantitative estimate of drug-likeness (QED) is 0.821. The first-order valence-electron chi connectivity index (χ1n) is 8.11. The summed E-state index contributed by atoms with van der Waals surface area (Å²) in [6.07, 6.45) is 2.83. The Labute approximate surface area is 153 Å². The van der Waals surface area contributed by atoms with Gasteiger partial charge in [-0.15, -0.1) is 12.4 Å². The molecule has 2 aliphatic rings. The van der Waals surface area contributed by atoms with E-state index in [1.807, 2.05) is 0 Å². The van der Waals surface area contributed by atoms with Crippen LogP contribution in [0.25, 0.3) is 0 Å². The van der Waals surface area contributed by atoms with E-state index in [0.29, 0.717) is 24.9 Å². The highest BCUT2D eigenvalue weighted by atomic mass is 35.5. The highest BCUT2D eigenvalue weighted by Crippen LogP contribution is 2.29. The van der Waals surface area contributed by atoms with E-state index in [4.69, 9.17) is 0 Å². The summed E-state index contributed by atoms with van der Waals surface area (Å²) in [4.78, 5) is 14.5. The minimum atomic E-state index is -3.55. The number of hydrogen-bond donors (Lipinski definition) is 2. The molecule has 0 unspecified atom stereocenters. The predicted molar refractivity (Wildman–Crippen MR) is 97.1 cm³/mol. The smallest absolute Gasteiger partial charge is 0.256 e. The molecule has 25 heavy (non-hydrogen) atoms. The minimum absolute atomic E-state index is 0. The summed E-state index contributed by atoms with van der Waals surface area (Å²) < 4.78 is 38.9. The van der Waals surface area contributed by atoms with Crippen molar-refractivity contribution in [3.8, 4) is 0 Å². The van der Waals surface area contributed by atoms with Gasteiger partial charge in [-0.2, -0.15) is 0 Å². The zero-order chi connectivity index (χ0) is 17.3. The Morgan fingerprint density at radius 3 is 2.40 bits per heavy atom. The number of sulfonamides is 1. The zero-order valence-electron chi connectivity index (χ0n) is 14.0. The summed E-state index contributed by atoms with van der Waals surface area (Å²) in [6, 6.07) is 3.53. The predicted octanol–water partition coefficient (Wildman–Crippen LogP) is 1.69. The Bertz CT molecular complexity index is 730. The van der Waals surface area contributed by atoms with E-state index in [1.165, 1.54) is 6.07 Å². The maximum absolute atomic E-state index is 13.6. The lowest BCUT2D eigenvalue weighted by molar-refractivity contribution is 0.0759. The van der Waals surface area contributed by atoms with Gasteiger partial charge in [-0.05, 0) is 56.0 Å². The first kappa shape index (κ1) is 19.9. The largest absolute Gasteiger partial charge is 0.339 e. The van der Waals surface area contributed by atoms with Crippen LogP contribution in [0, 0.1) is 17.7 Å². The highest BCUT2D eigenvalue weighted by Gasteiger charge is 2.32. The number of hydrogen-bond acceptors (Lipinski definition) is 4. The molecule has 0 bridgehead atoms. The van der Waals surface area contributed by atoms with Crippen LogP contribution in [-0.2, 0) is 10.0 Å². The van der Waals surface area contributed by atoms with E-state index in [0.717, 1.165) is 44.3 Å². The van der Waals surface area contributed by atoms with Crippen molar-refractivity contribution >= 4 is 34.0 Å². The number of anilines is 1. The van der Waals surface area contributed by atoms with Gasteiger partial charge in [0.05, 0.1) is 17.5 Å². The van der Waals surface area contributed by atoms with E-state index >= 15 is 0 Å². The molecule has 1 aromatic rings. The first-order valence-corrected chi connectivity index (χ1v) is 10.00. The Kier molecular flexibility index (Phi) is 6.29. The molecule has 2 fully saturated rings. The second kappa shape index (κ2) is 7.88. The lowest BCUT2D eigenvalue weighted by Crippen LogP contribution is -2.33. The molecule has 0 aromatic heterocycles. The van der Waals surface area contributed by atoms with Crippen molar-refractivity contribution in [1.29, 1.82) is 0 Å². The van der Waals surface area contributed by atoms with Crippen molar-refractivity contribution in [3.63, 3.8) is 0 Å². The number of likely N-dealkylation sites (tertiary alicyclic amines) is 1. The molecular formula is C16H23ClFN3O3S. The normalized spacial score (nSPS) is 23.4. The van der Waals surface area contributed by atoms with Gasteiger partial charge in [0.15, 0.2) is 0 Å². The van der Waals surface area contributed by atoms with Crippen LogP contribution in [0.5, 0.6) is 0 Å². The lowest BCUT2D eigenvalue weighted by atomic mass is 9.92. The van der Waals surface area contributed by atoms with Gasteiger partial charge in [-0.1, -0.05) is 0 Å². The van der Waals surface area contributed by atoms with Crippen molar-refractivity contribution in [3.05, 3.63) is 29.6 Å². The second-order valence-corrected chi connectivity index (χ2v) is 8.36. The van der Waals surface area contributed by atoms with Crippen molar-refractivity contribution in [2.75, 3.05) is 37.2 Å². The van der Waals surface area contributed by atoms with Crippen LogP contribution in [0.3, 0.4) is 0 Å². The molecule has 0 aliphatic carbocycles. The molecule has 0 saturated carbocycles. The van der Waals surface area contributed by atoms with Crippen LogP contribution in [0.15, 0.2) is 18.2 Å². The molecule has 9 heteroatoms. The number of amides is 1. The fraction of sp³-hybridized carbons (Fsp3) is 0.562. The molecule has 2 aliphatic heterocycles. The summed E-state index contributed by atoms with van der Waals surface area (Å²) in [5, 5.41) is 3.38. The summed E-state index contributed by atoms with van der Waals surface area (Å²) >= 11 is 0. The monoisotopic (exact) mass is 391 g/mol. The topological polar surface area (TPSA) is 78.5 Å². The molecule has 140 valence electrons. The number of fused-ring (bicyclic) bond motifs is 1. The first-order chi connectivity index (χ1) is 11.3. The standard InChI is InChI=1S/C16H22FN3O3S.ClH/c1-24(22,23)19-15-3-2-13(17)8-14(15)16(21)20-6-4-11-9-18-10-12(11)5-7-20;/h2-3,8,11-12,18-19H,4-7,9-10H2,1H3;1H/t11-,12+;. The maximum Gasteiger partial charge on any atom is 0.256 e. The average Bonchev–Trinajstić information content (AvgIpc) is 2.86. The van der Waals surface area contributed by atoms with Crippen molar-refractivity contribution in [2.45, 2.75) is 12.8 Å². The molecule has 2 atom stereocenters. The van der Waals surface area contributed by atoms with E-state index in [-0.39, 0.29) is 29.6 Å². The van der Waals surface area contributed by atoms with Gasteiger partial charge >= 0.3 is 0 Å². The van der Waals surface area contributed by atoms with Gasteiger partial charge in [0.25, 0.3) is 5.91 Å². The van der Waals surface area contributed by atoms with Crippen molar-refractivity contribution in [1.82, 2.24) is 10.2 Å². The number of halogens is 2. The third kappa shape index (κ3) is 4.83. The van der Waals surface area contributed by atoms with E-state index in [2.05, 4.69) is 10.0 Å². The molecule has 6 nitrogen and oxygen atoms in total. The fourth-order valence-electron chi connectivity index (χ4n) is 3.57. The summed E-state index contributed by atoms with van der Waals surface area (Å²) in [7, 11) is -3.55. The SMILES string of the molecule is CS(=O)(=O)Nc1ccc(F)cc1C(=O)N1CC[C@@H]2CNC[C@@H]2CC1.Cl. The lowest BCUT2D eigenvalue weighted by Gasteiger charge is -2.22. The number of carbonyl (C=O) groups excluding carboxylic acids is 1. The van der Waals surface area contributed by atoms with Gasteiger partial charge in [0.2, 0.25) is 10.0 Å². The third-order valence-electron chi connectivity index (χ3n) is 4.81. The molecule has 2 saturated heterocycles. The number of rotatable bonds is 3. The van der Waals surface area contributed by atoms with Crippen LogP contribution < -0.4 is 10.0 Å². The van der Waals surface area contributed by atoms with Crippen molar-refractivity contribution < 1.29 is 17.6 Å². The van der Waals surface area contributed by atoms with Crippen LogP contribution in [0.2, 0.25) is 0 Å². The average molecular weight is 392 g/mol. The third-order valence-corrected chi connectivity index (χ3v) is 5.40. The Morgan fingerprint density at radius 2 is 1.84 bits per heavy atom. The molecule has 3 rings (SSSR count). The molecule has 2 heterocycles. The van der Waals surface area contributed by atoms with E-state index in [1.54, 1.807) is 4.90 Å². The fourth-order valence-corrected chi connectivity index (χ4v) is 4.15. The van der Waals surface area contributed by atoms with Crippen LogP contribution >= 0.6 is 12.4 Å². The van der Waals surface area contributed by atoms with Gasteiger partial charge in [0, 0.05) is 13.1 Å². The van der Waals surface area contributed by atoms with Gasteiger partial charge in [0.1, 0.15) is 5.82 Å². The number of carbonyl (C=O) groups is 1. The maximum atomic E-state index is 13.6. The highest BCUT2D eigenvalue weighted by molar-refractivity contribution is 7.92. The number of nitrogens with one attached hydrogen (secondary N) is 2. The number of nitrogens with zero attached hydrogens (tertiary/aromatic N) is 1. The molecular weight excluding hydrogens is 369 g/mol. The zero-order valence-corrected chi connectivity index (χ0v) is 15.6. The summed E-state index contributed by atoms with van der Waals surface area (Å²) in [5.74, 6) is 0.259. The Hall–Kier alpha value is -1.38. The van der Waals surface area contributed by atoms with Crippen molar-refractivity contribution in [2.24, 2.45) is 11.8 Å². The molecule has 1 aromatic carbocycles. The van der Waals surface area contributed by atoms with Gasteiger partial charge in [-0.3, -0.25) is 9.52 Å². The summed E-state index contributed by atoms with van der Waals surface area (Å²) in [6.45, 7) is 3.17. The van der Waals surface area contributed by atoms with Crippen LogP contribution in [0.4, 0.5) is 10.1 Å². The van der Waals surface area contributed by atoms with E-state index < -0.39 is 15.8 Å². The minimum Gasteiger partial charge on any atom is -0.339 e. The molecule has 0 spiro atoms.